The number of fused-ring (bicyclic) bond motifs is 1. The Bertz CT molecular complexity index is 740. The summed E-state index contributed by atoms with van der Waals surface area (Å²) in [7, 11) is 0. The fraction of sp³-hybridized carbons (Fsp3) is 0.250. The average Bonchev–Trinajstić information content (AvgIpc) is 2.51. The van der Waals surface area contributed by atoms with E-state index in [1.165, 1.54) is 0 Å². The Morgan fingerprint density at radius 2 is 1.79 bits per heavy atom. The largest absolute Gasteiger partial charge is 0.483 e. The van der Waals surface area contributed by atoms with E-state index in [0.29, 0.717) is 5.75 Å². The molecule has 0 spiro atoms. The number of hydrogen-bond acceptors (Lipinski definition) is 3. The zero-order valence-corrected chi connectivity index (χ0v) is 12.3. The highest BCUT2D eigenvalue weighted by molar-refractivity contribution is 5.89. The van der Waals surface area contributed by atoms with Crippen LogP contribution in [0.25, 0.3) is 10.8 Å². The number of carboxylic acids is 1. The predicted molar refractivity (Wildman–Crippen MR) is 79.7 cm³/mol. The lowest BCUT2D eigenvalue weighted by atomic mass is 10.1. The third-order valence-electron chi connectivity index (χ3n) is 3.18. The molecule has 1 atom stereocenters. The van der Waals surface area contributed by atoms with E-state index in [-0.39, 0.29) is 0 Å². The molecule has 2 rings (SSSR count). The van der Waals surface area contributed by atoms with Crippen LogP contribution in [0.2, 0.25) is 0 Å². The Hall–Kier alpha value is -2.77. The molecule has 0 aliphatic rings. The number of carboxylic acid groups (broad SMARTS) is 1. The minimum absolute atomic E-state index is 0.381. The monoisotopic (exact) mass is 341 g/mol. The lowest BCUT2D eigenvalue weighted by Gasteiger charge is -2.16. The van der Waals surface area contributed by atoms with E-state index in [2.05, 4.69) is 0 Å². The summed E-state index contributed by atoms with van der Waals surface area (Å²) in [6, 6.07) is 10.3. The molecule has 2 aromatic rings. The Morgan fingerprint density at radius 3 is 2.46 bits per heavy atom. The molecule has 2 N–H and O–H groups in total. The Morgan fingerprint density at radius 1 is 1.12 bits per heavy atom. The molecule has 0 saturated carbocycles. The number of benzene rings is 2. The highest BCUT2D eigenvalue weighted by Crippen LogP contribution is 2.25. The van der Waals surface area contributed by atoms with Crippen LogP contribution in [0.15, 0.2) is 42.5 Å². The van der Waals surface area contributed by atoms with Gasteiger partial charge >= 0.3 is 12.1 Å². The molecule has 8 heteroatoms. The highest BCUT2D eigenvalue weighted by atomic mass is 19.4. The molecule has 128 valence electrons. The van der Waals surface area contributed by atoms with Gasteiger partial charge in [0.15, 0.2) is 6.61 Å². The molecule has 0 heterocycles. The minimum Gasteiger partial charge on any atom is -0.483 e. The van der Waals surface area contributed by atoms with Gasteiger partial charge in [-0.2, -0.15) is 13.2 Å². The topological polar surface area (TPSA) is 75.6 Å². The number of nitrogens with one attached hydrogen (secondary N) is 1. The van der Waals surface area contributed by atoms with E-state index in [1.54, 1.807) is 24.3 Å². The van der Waals surface area contributed by atoms with Crippen LogP contribution in [-0.2, 0) is 9.59 Å². The summed E-state index contributed by atoms with van der Waals surface area (Å²) >= 11 is 0. The number of halogens is 3. The highest BCUT2D eigenvalue weighted by Gasteiger charge is 2.36. The molecule has 24 heavy (non-hydrogen) atoms. The molecule has 0 aromatic heterocycles. The summed E-state index contributed by atoms with van der Waals surface area (Å²) < 4.78 is 42.2. The Kier molecular flexibility index (Phi) is 5.28. The van der Waals surface area contributed by atoms with Crippen molar-refractivity contribution in [2.75, 3.05) is 6.61 Å². The van der Waals surface area contributed by atoms with Gasteiger partial charge in [0.2, 0.25) is 0 Å². The van der Waals surface area contributed by atoms with E-state index in [1.807, 2.05) is 23.5 Å². The van der Waals surface area contributed by atoms with Crippen LogP contribution in [0.1, 0.15) is 6.42 Å². The average molecular weight is 341 g/mol. The van der Waals surface area contributed by atoms with Crippen LogP contribution in [0.3, 0.4) is 0 Å². The maximum atomic E-state index is 12.3. The molecule has 0 saturated heterocycles. The van der Waals surface area contributed by atoms with Crippen molar-refractivity contribution in [1.82, 2.24) is 5.32 Å². The number of aliphatic carboxylic acids is 1. The second-order valence-corrected chi connectivity index (χ2v) is 5.04. The Labute approximate surface area is 135 Å². The van der Waals surface area contributed by atoms with Gasteiger partial charge < -0.3 is 15.2 Å². The summed E-state index contributed by atoms with van der Waals surface area (Å²) in [4.78, 5) is 22.5. The number of carbonyl (C=O) groups excluding carboxylic acids is 1. The fourth-order valence-corrected chi connectivity index (χ4v) is 2.13. The minimum atomic E-state index is -4.70. The molecule has 5 nitrogen and oxygen atoms in total. The number of alkyl halides is 3. The Balaban J connectivity index is 2.00. The number of rotatable bonds is 6. The van der Waals surface area contributed by atoms with Gasteiger partial charge in [-0.25, -0.2) is 4.79 Å². The zero-order valence-electron chi connectivity index (χ0n) is 12.3. The maximum absolute atomic E-state index is 12.3. The molecule has 0 fully saturated rings. The van der Waals surface area contributed by atoms with Crippen molar-refractivity contribution in [3.8, 4) is 5.75 Å². The number of amides is 1. The van der Waals surface area contributed by atoms with E-state index in [0.717, 1.165) is 10.8 Å². The normalized spacial score (nSPS) is 12.6. The van der Waals surface area contributed by atoms with E-state index < -0.39 is 37.1 Å². The molecule has 2 aromatic carbocycles. The first-order valence-corrected chi connectivity index (χ1v) is 6.96. The first kappa shape index (κ1) is 17.6. The first-order chi connectivity index (χ1) is 11.3. The van der Waals surface area contributed by atoms with Crippen LogP contribution in [-0.4, -0.2) is 35.8 Å². The van der Waals surface area contributed by atoms with Crippen molar-refractivity contribution in [2.45, 2.75) is 18.6 Å². The third kappa shape index (κ3) is 4.87. The smallest absolute Gasteiger partial charge is 0.391 e. The van der Waals surface area contributed by atoms with E-state index in [9.17, 15) is 22.8 Å². The van der Waals surface area contributed by atoms with Crippen LogP contribution >= 0.6 is 0 Å². The van der Waals surface area contributed by atoms with E-state index in [4.69, 9.17) is 9.84 Å². The molecule has 0 aliphatic carbocycles. The van der Waals surface area contributed by atoms with Gasteiger partial charge in [-0.05, 0) is 11.5 Å². The molecule has 1 amide bonds. The number of carbonyl (C=O) groups is 2. The second kappa shape index (κ2) is 7.20. The SMILES string of the molecule is O=C(COc1cccc2ccccc12)NC(CC(F)(F)F)C(=O)O. The van der Waals surface area contributed by atoms with Crippen LogP contribution in [0.4, 0.5) is 13.2 Å². The summed E-state index contributed by atoms with van der Waals surface area (Å²) in [5.41, 5.74) is 0. The summed E-state index contributed by atoms with van der Waals surface area (Å²) in [6.07, 6.45) is -6.35. The van der Waals surface area contributed by atoms with Crippen molar-refractivity contribution in [2.24, 2.45) is 0 Å². The molecule has 0 radical (unpaired) electrons. The second-order valence-electron chi connectivity index (χ2n) is 5.04. The van der Waals surface area contributed by atoms with Crippen LogP contribution in [0.5, 0.6) is 5.75 Å². The summed E-state index contributed by atoms with van der Waals surface area (Å²) in [6.45, 7) is -0.588. The van der Waals surface area contributed by atoms with Crippen molar-refractivity contribution >= 4 is 22.6 Å². The molecular weight excluding hydrogens is 327 g/mol. The lowest BCUT2D eigenvalue weighted by molar-refractivity contribution is -0.160. The van der Waals surface area contributed by atoms with Gasteiger partial charge in [0.25, 0.3) is 5.91 Å². The fourth-order valence-electron chi connectivity index (χ4n) is 2.13. The summed E-state index contributed by atoms with van der Waals surface area (Å²) in [5, 5.41) is 12.2. The predicted octanol–water partition coefficient (Wildman–Crippen LogP) is 2.74. The third-order valence-corrected chi connectivity index (χ3v) is 3.18. The zero-order chi connectivity index (χ0) is 17.7. The van der Waals surface area contributed by atoms with Crippen molar-refractivity contribution in [3.63, 3.8) is 0 Å². The van der Waals surface area contributed by atoms with Gasteiger partial charge in [0, 0.05) is 5.39 Å². The maximum Gasteiger partial charge on any atom is 0.391 e. The van der Waals surface area contributed by atoms with Crippen LogP contribution < -0.4 is 10.1 Å². The molecular formula is C16H14F3NO4. The molecule has 0 aliphatic heterocycles. The molecule has 1 unspecified atom stereocenters. The van der Waals surface area contributed by atoms with Crippen molar-refractivity contribution in [3.05, 3.63) is 42.5 Å². The first-order valence-electron chi connectivity index (χ1n) is 6.96. The quantitative estimate of drug-likeness (QED) is 0.847. The van der Waals surface area contributed by atoms with Gasteiger partial charge in [-0.15, -0.1) is 0 Å². The van der Waals surface area contributed by atoms with Crippen LogP contribution in [0, 0.1) is 0 Å². The van der Waals surface area contributed by atoms with Crippen molar-refractivity contribution < 1.29 is 32.6 Å². The van der Waals surface area contributed by atoms with Crippen molar-refractivity contribution in [1.29, 1.82) is 0 Å². The number of ether oxygens (including phenoxy) is 1. The van der Waals surface area contributed by atoms with Gasteiger partial charge in [-0.3, -0.25) is 4.79 Å². The summed E-state index contributed by atoms with van der Waals surface area (Å²) in [5.74, 6) is -2.32. The number of hydrogen-bond donors (Lipinski definition) is 2. The lowest BCUT2D eigenvalue weighted by Crippen LogP contribution is -2.45. The van der Waals surface area contributed by atoms with Gasteiger partial charge in [0.1, 0.15) is 11.8 Å². The van der Waals surface area contributed by atoms with Gasteiger partial charge in [-0.1, -0.05) is 36.4 Å². The standard InChI is InChI=1S/C16H14F3NO4/c17-16(18,19)8-12(15(22)23)20-14(21)9-24-13-7-3-5-10-4-1-2-6-11(10)13/h1-7,12H,8-9H2,(H,20,21)(H,22,23). The van der Waals surface area contributed by atoms with E-state index >= 15 is 0 Å². The van der Waals surface area contributed by atoms with Gasteiger partial charge in [0.05, 0.1) is 6.42 Å². The molecule has 0 bridgehead atoms.